The molecular formula is C21H23ClN2O4. The Morgan fingerprint density at radius 2 is 1.64 bits per heavy atom. The van der Waals surface area contributed by atoms with Crippen molar-refractivity contribution >= 4 is 29.4 Å². The first-order valence-electron chi connectivity index (χ1n) is 8.92. The number of amides is 2. The largest absolute Gasteiger partial charge is 0.462 e. The molecule has 0 aromatic heterocycles. The first-order chi connectivity index (χ1) is 13.3. The number of carbonyl (C=O) groups is 3. The average molecular weight is 403 g/mol. The van der Waals surface area contributed by atoms with Gasteiger partial charge in [0.2, 0.25) is 5.91 Å². The molecule has 148 valence electrons. The Hall–Kier alpha value is -2.86. The summed E-state index contributed by atoms with van der Waals surface area (Å²) >= 11 is 5.85. The van der Waals surface area contributed by atoms with Crippen molar-refractivity contribution in [2.24, 2.45) is 0 Å². The van der Waals surface area contributed by atoms with Crippen LogP contribution >= 0.6 is 11.6 Å². The van der Waals surface area contributed by atoms with Gasteiger partial charge in [0.05, 0.1) is 6.10 Å². The summed E-state index contributed by atoms with van der Waals surface area (Å²) in [4.78, 5) is 36.8. The Morgan fingerprint density at radius 3 is 2.25 bits per heavy atom. The van der Waals surface area contributed by atoms with E-state index in [9.17, 15) is 14.4 Å². The van der Waals surface area contributed by atoms with Gasteiger partial charge in [-0.2, -0.15) is 0 Å². The van der Waals surface area contributed by atoms with E-state index < -0.39 is 23.8 Å². The summed E-state index contributed by atoms with van der Waals surface area (Å²) in [5.74, 6) is -1.41. The molecule has 2 N–H and O–H groups in total. The molecule has 2 rings (SSSR count). The SMILES string of the molecule is CC(C)OC(=O)CNC(=O)C(Cc1ccccc1)NC(=O)c1ccc(Cl)cc1. The molecule has 1 atom stereocenters. The zero-order chi connectivity index (χ0) is 20.5. The van der Waals surface area contributed by atoms with Gasteiger partial charge in [0.15, 0.2) is 0 Å². The van der Waals surface area contributed by atoms with Crippen LogP contribution < -0.4 is 10.6 Å². The van der Waals surface area contributed by atoms with Gasteiger partial charge >= 0.3 is 5.97 Å². The van der Waals surface area contributed by atoms with E-state index >= 15 is 0 Å². The number of hydrogen-bond donors (Lipinski definition) is 2. The molecule has 0 spiro atoms. The number of carbonyl (C=O) groups excluding carboxylic acids is 3. The molecule has 0 aliphatic carbocycles. The normalized spacial score (nSPS) is 11.6. The minimum absolute atomic E-state index is 0.265. The van der Waals surface area contributed by atoms with E-state index in [1.54, 1.807) is 38.1 Å². The van der Waals surface area contributed by atoms with Gasteiger partial charge in [-0.25, -0.2) is 0 Å². The summed E-state index contributed by atoms with van der Waals surface area (Å²) in [7, 11) is 0. The number of esters is 1. The van der Waals surface area contributed by atoms with Crippen LogP contribution in [0.3, 0.4) is 0 Å². The number of halogens is 1. The number of benzene rings is 2. The van der Waals surface area contributed by atoms with Gasteiger partial charge in [0.1, 0.15) is 12.6 Å². The van der Waals surface area contributed by atoms with Gasteiger partial charge in [-0.15, -0.1) is 0 Å². The van der Waals surface area contributed by atoms with E-state index in [4.69, 9.17) is 16.3 Å². The van der Waals surface area contributed by atoms with Crippen LogP contribution in [0.1, 0.15) is 29.8 Å². The van der Waals surface area contributed by atoms with Crippen LogP contribution in [0.2, 0.25) is 5.02 Å². The summed E-state index contributed by atoms with van der Waals surface area (Å²) < 4.78 is 5.01. The maximum atomic E-state index is 12.6. The molecule has 0 radical (unpaired) electrons. The van der Waals surface area contributed by atoms with Crippen molar-refractivity contribution in [3.63, 3.8) is 0 Å². The molecule has 1 unspecified atom stereocenters. The van der Waals surface area contributed by atoms with Gasteiger partial charge in [0, 0.05) is 17.0 Å². The lowest BCUT2D eigenvalue weighted by Crippen LogP contribution is -2.49. The molecule has 0 aliphatic heterocycles. The van der Waals surface area contributed by atoms with Crippen molar-refractivity contribution in [1.29, 1.82) is 0 Å². The maximum Gasteiger partial charge on any atom is 0.325 e. The van der Waals surface area contributed by atoms with Gasteiger partial charge in [-0.3, -0.25) is 14.4 Å². The van der Waals surface area contributed by atoms with Crippen LogP contribution in [0.25, 0.3) is 0 Å². The first-order valence-corrected chi connectivity index (χ1v) is 9.30. The molecule has 2 aromatic carbocycles. The van der Waals surface area contributed by atoms with Crippen LogP contribution in [0, 0.1) is 0 Å². The Balaban J connectivity index is 2.07. The summed E-state index contributed by atoms with van der Waals surface area (Å²) in [5, 5.41) is 5.76. The summed E-state index contributed by atoms with van der Waals surface area (Å²) in [6, 6.07) is 14.8. The topological polar surface area (TPSA) is 84.5 Å². The standard InChI is InChI=1S/C21H23ClN2O4/c1-14(2)28-19(25)13-23-21(27)18(12-15-6-4-3-5-7-15)24-20(26)16-8-10-17(22)11-9-16/h3-11,14,18H,12-13H2,1-2H3,(H,23,27)(H,24,26). The Morgan fingerprint density at radius 1 is 1.00 bits per heavy atom. The molecule has 0 fully saturated rings. The molecule has 0 saturated heterocycles. The van der Waals surface area contributed by atoms with Crippen LogP contribution in [-0.2, 0) is 20.7 Å². The number of rotatable bonds is 8. The van der Waals surface area contributed by atoms with E-state index in [0.29, 0.717) is 10.6 Å². The highest BCUT2D eigenvalue weighted by molar-refractivity contribution is 6.30. The third-order valence-electron chi connectivity index (χ3n) is 3.78. The van der Waals surface area contributed by atoms with Crippen molar-refractivity contribution in [3.8, 4) is 0 Å². The highest BCUT2D eigenvalue weighted by Crippen LogP contribution is 2.10. The van der Waals surface area contributed by atoms with Crippen molar-refractivity contribution in [2.45, 2.75) is 32.4 Å². The van der Waals surface area contributed by atoms with Crippen LogP contribution in [0.5, 0.6) is 0 Å². The smallest absolute Gasteiger partial charge is 0.325 e. The van der Waals surface area contributed by atoms with Crippen molar-refractivity contribution in [1.82, 2.24) is 10.6 Å². The Bertz CT molecular complexity index is 807. The minimum Gasteiger partial charge on any atom is -0.462 e. The summed E-state index contributed by atoms with van der Waals surface area (Å²) in [6.07, 6.45) is 0.0136. The molecule has 7 heteroatoms. The maximum absolute atomic E-state index is 12.6. The lowest BCUT2D eigenvalue weighted by molar-refractivity contribution is -0.147. The zero-order valence-corrected chi connectivity index (χ0v) is 16.5. The summed E-state index contributed by atoms with van der Waals surface area (Å²) in [6.45, 7) is 3.19. The lowest BCUT2D eigenvalue weighted by Gasteiger charge is -2.19. The highest BCUT2D eigenvalue weighted by atomic mass is 35.5. The van der Waals surface area contributed by atoms with E-state index in [1.807, 2.05) is 30.3 Å². The number of ether oxygens (including phenoxy) is 1. The number of hydrogen-bond acceptors (Lipinski definition) is 4. The second kappa shape index (κ2) is 10.5. The minimum atomic E-state index is -0.850. The molecule has 0 heterocycles. The molecule has 0 aliphatic rings. The quantitative estimate of drug-likeness (QED) is 0.665. The second-order valence-corrected chi connectivity index (χ2v) is 6.92. The monoisotopic (exact) mass is 402 g/mol. The number of nitrogens with one attached hydrogen (secondary N) is 2. The fourth-order valence-corrected chi connectivity index (χ4v) is 2.61. The Labute approximate surface area is 169 Å². The van der Waals surface area contributed by atoms with Crippen LogP contribution in [0.4, 0.5) is 0 Å². The molecule has 2 aromatic rings. The predicted octanol–water partition coefficient (Wildman–Crippen LogP) is 2.75. The molecule has 0 bridgehead atoms. The van der Waals surface area contributed by atoms with Gasteiger partial charge < -0.3 is 15.4 Å². The molecule has 2 amide bonds. The van der Waals surface area contributed by atoms with Gasteiger partial charge in [-0.05, 0) is 43.7 Å². The predicted molar refractivity (Wildman–Crippen MR) is 107 cm³/mol. The lowest BCUT2D eigenvalue weighted by atomic mass is 10.0. The fourth-order valence-electron chi connectivity index (χ4n) is 2.49. The van der Waals surface area contributed by atoms with Gasteiger partial charge in [0.25, 0.3) is 5.91 Å². The third-order valence-corrected chi connectivity index (χ3v) is 4.04. The fraction of sp³-hybridized carbons (Fsp3) is 0.286. The molecule has 6 nitrogen and oxygen atoms in total. The van der Waals surface area contributed by atoms with Crippen molar-refractivity contribution < 1.29 is 19.1 Å². The Kier molecular flexibility index (Phi) is 8.02. The van der Waals surface area contributed by atoms with E-state index in [1.165, 1.54) is 0 Å². The molecular weight excluding hydrogens is 380 g/mol. The van der Waals surface area contributed by atoms with E-state index in [0.717, 1.165) is 5.56 Å². The second-order valence-electron chi connectivity index (χ2n) is 6.48. The molecule has 0 saturated carbocycles. The van der Waals surface area contributed by atoms with Crippen molar-refractivity contribution in [2.75, 3.05) is 6.54 Å². The van der Waals surface area contributed by atoms with E-state index in [-0.39, 0.29) is 19.1 Å². The average Bonchev–Trinajstić information content (AvgIpc) is 2.66. The van der Waals surface area contributed by atoms with E-state index in [2.05, 4.69) is 10.6 Å². The first kappa shape index (κ1) is 21.4. The summed E-state index contributed by atoms with van der Waals surface area (Å²) in [5.41, 5.74) is 1.26. The van der Waals surface area contributed by atoms with Gasteiger partial charge in [-0.1, -0.05) is 41.9 Å². The molecule has 28 heavy (non-hydrogen) atoms. The highest BCUT2D eigenvalue weighted by Gasteiger charge is 2.22. The van der Waals surface area contributed by atoms with Crippen LogP contribution in [-0.4, -0.2) is 36.5 Å². The third kappa shape index (κ3) is 7.04. The van der Waals surface area contributed by atoms with Crippen LogP contribution in [0.15, 0.2) is 54.6 Å². The van der Waals surface area contributed by atoms with Crippen molar-refractivity contribution in [3.05, 3.63) is 70.7 Å². The zero-order valence-electron chi connectivity index (χ0n) is 15.8.